The van der Waals surface area contributed by atoms with E-state index in [2.05, 4.69) is 14.8 Å². The van der Waals surface area contributed by atoms with Gasteiger partial charge in [0.05, 0.1) is 48.9 Å². The molecule has 0 heterocycles. The van der Waals surface area contributed by atoms with Gasteiger partial charge in [-0.1, -0.05) is 18.5 Å². The fourth-order valence-corrected chi connectivity index (χ4v) is 4.61. The molecule has 10 nitrogen and oxygen atoms in total. The maximum Gasteiger partial charge on any atom is 0.337 e. The van der Waals surface area contributed by atoms with Gasteiger partial charge in [-0.15, -0.1) is 0 Å². The number of rotatable bonds is 9. The summed E-state index contributed by atoms with van der Waals surface area (Å²) < 4.78 is 41.3. The van der Waals surface area contributed by atoms with Crippen LogP contribution in [0.25, 0.3) is 0 Å². The van der Waals surface area contributed by atoms with Gasteiger partial charge in [-0.25, -0.2) is 18.0 Å². The number of carbonyl (C=O) groups is 3. The number of nitrogens with one attached hydrogen (secondary N) is 1. The number of hydrogen-bond acceptors (Lipinski definition) is 8. The molecule has 0 radical (unpaired) electrons. The van der Waals surface area contributed by atoms with Gasteiger partial charge in [0.2, 0.25) is 15.9 Å². The number of methoxy groups -OCH3 is 3. The predicted octanol–water partition coefficient (Wildman–Crippen LogP) is 2.57. The summed E-state index contributed by atoms with van der Waals surface area (Å²) in [6, 6.07) is 7.82. The first-order valence-electron chi connectivity index (χ1n) is 9.52. The molecular formula is C21H23ClN2O8S. The lowest BCUT2D eigenvalue weighted by Gasteiger charge is -2.20. The molecule has 1 N–H and O–H groups in total. The number of esters is 2. The zero-order valence-electron chi connectivity index (χ0n) is 18.4. The van der Waals surface area contributed by atoms with Crippen molar-refractivity contribution in [3.05, 3.63) is 52.5 Å². The quantitative estimate of drug-likeness (QED) is 0.522. The smallest absolute Gasteiger partial charge is 0.337 e. The van der Waals surface area contributed by atoms with E-state index < -0.39 is 34.4 Å². The highest BCUT2D eigenvalue weighted by atomic mass is 35.5. The van der Waals surface area contributed by atoms with Crippen LogP contribution in [0, 0.1) is 0 Å². The minimum absolute atomic E-state index is 0.00328. The molecular weight excluding hydrogens is 476 g/mol. The number of amides is 1. The summed E-state index contributed by atoms with van der Waals surface area (Å²) in [6.45, 7) is 1.04. The number of nitrogens with zero attached hydrogens (tertiary/aromatic N) is 1. The second kappa shape index (κ2) is 11.1. The molecule has 12 heteroatoms. The Morgan fingerprint density at radius 1 is 0.970 bits per heavy atom. The van der Waals surface area contributed by atoms with Crippen molar-refractivity contribution in [2.75, 3.05) is 39.7 Å². The summed E-state index contributed by atoms with van der Waals surface area (Å²) in [5.41, 5.74) is 0.0938. The Morgan fingerprint density at radius 2 is 1.55 bits per heavy atom. The van der Waals surface area contributed by atoms with Crippen molar-refractivity contribution in [2.45, 2.75) is 11.8 Å². The minimum atomic E-state index is -4.05. The molecule has 0 spiro atoms. The number of benzene rings is 2. The molecule has 0 bridgehead atoms. The maximum atomic E-state index is 13.0. The van der Waals surface area contributed by atoms with Crippen LogP contribution in [0.5, 0.6) is 5.75 Å². The summed E-state index contributed by atoms with van der Waals surface area (Å²) in [4.78, 5) is 36.3. The number of hydrogen-bond donors (Lipinski definition) is 1. The average Bonchev–Trinajstić information content (AvgIpc) is 2.80. The van der Waals surface area contributed by atoms with Gasteiger partial charge in [0.15, 0.2) is 0 Å². The predicted molar refractivity (Wildman–Crippen MR) is 120 cm³/mol. The summed E-state index contributed by atoms with van der Waals surface area (Å²) in [6.07, 6.45) is 0. The first-order valence-corrected chi connectivity index (χ1v) is 11.3. The highest BCUT2D eigenvalue weighted by Gasteiger charge is 2.26. The van der Waals surface area contributed by atoms with Gasteiger partial charge in [-0.05, 0) is 36.4 Å². The second-order valence-corrected chi connectivity index (χ2v) is 8.90. The number of anilines is 1. The zero-order chi connectivity index (χ0) is 24.8. The highest BCUT2D eigenvalue weighted by Crippen LogP contribution is 2.28. The summed E-state index contributed by atoms with van der Waals surface area (Å²) in [7, 11) is -0.316. The van der Waals surface area contributed by atoms with E-state index in [9.17, 15) is 22.8 Å². The van der Waals surface area contributed by atoms with Gasteiger partial charge in [0.1, 0.15) is 5.75 Å². The van der Waals surface area contributed by atoms with Crippen molar-refractivity contribution in [3.8, 4) is 5.75 Å². The van der Waals surface area contributed by atoms with Crippen molar-refractivity contribution in [3.63, 3.8) is 0 Å². The Hall–Kier alpha value is -3.15. The van der Waals surface area contributed by atoms with Crippen molar-refractivity contribution in [1.82, 2.24) is 4.31 Å². The first kappa shape index (κ1) is 26.1. The van der Waals surface area contributed by atoms with Gasteiger partial charge in [-0.2, -0.15) is 4.31 Å². The zero-order valence-corrected chi connectivity index (χ0v) is 20.0. The van der Waals surface area contributed by atoms with Gasteiger partial charge in [0.25, 0.3) is 0 Å². The van der Waals surface area contributed by atoms with Crippen LogP contribution in [0.2, 0.25) is 5.02 Å². The number of halogens is 1. The van der Waals surface area contributed by atoms with Gasteiger partial charge in [-0.3, -0.25) is 4.79 Å². The monoisotopic (exact) mass is 498 g/mol. The molecule has 2 aromatic carbocycles. The lowest BCUT2D eigenvalue weighted by Crippen LogP contribution is -2.37. The van der Waals surface area contributed by atoms with E-state index in [-0.39, 0.29) is 33.3 Å². The lowest BCUT2D eigenvalue weighted by atomic mass is 10.1. The first-order chi connectivity index (χ1) is 15.6. The largest absolute Gasteiger partial charge is 0.495 e. The lowest BCUT2D eigenvalue weighted by molar-refractivity contribution is -0.116. The molecule has 178 valence electrons. The highest BCUT2D eigenvalue weighted by molar-refractivity contribution is 7.89. The number of likely N-dealkylation sites (N-methyl/N-ethyl adjacent to an activating group) is 1. The molecule has 0 saturated heterocycles. The molecule has 0 aliphatic rings. The normalized spacial score (nSPS) is 11.1. The Balaban J connectivity index is 2.28. The van der Waals surface area contributed by atoms with Crippen molar-refractivity contribution >= 4 is 45.2 Å². The molecule has 1 amide bonds. The maximum absolute atomic E-state index is 13.0. The summed E-state index contributed by atoms with van der Waals surface area (Å²) in [5.74, 6) is -1.85. The Labute approximate surface area is 196 Å². The third kappa shape index (κ3) is 6.21. The van der Waals surface area contributed by atoms with Crippen molar-refractivity contribution in [1.29, 1.82) is 0 Å². The van der Waals surface area contributed by atoms with E-state index in [1.807, 2.05) is 0 Å². The van der Waals surface area contributed by atoms with E-state index >= 15 is 0 Å². The molecule has 0 fully saturated rings. The summed E-state index contributed by atoms with van der Waals surface area (Å²) >= 11 is 6.04. The van der Waals surface area contributed by atoms with Crippen LogP contribution in [0.3, 0.4) is 0 Å². The standard InChI is InChI=1S/C21H23ClN2O8S/c1-5-24(33(28,29)16-6-7-18(30-2)17(22)11-16)12-19(25)23-15-9-13(20(26)31-3)8-14(10-15)21(27)32-4/h6-11H,5,12H2,1-4H3,(H,23,25). The van der Waals surface area contributed by atoms with Crippen LogP contribution in [-0.4, -0.2) is 65.0 Å². The molecule has 0 unspecified atom stereocenters. The number of sulfonamides is 1. The molecule has 0 atom stereocenters. The van der Waals surface area contributed by atoms with Crippen LogP contribution >= 0.6 is 11.6 Å². The van der Waals surface area contributed by atoms with Gasteiger partial charge >= 0.3 is 11.9 Å². The third-order valence-corrected chi connectivity index (χ3v) is 6.70. The van der Waals surface area contributed by atoms with Crippen LogP contribution in [0.4, 0.5) is 5.69 Å². The Bertz CT molecular complexity index is 1130. The van der Waals surface area contributed by atoms with Crippen LogP contribution in [0.15, 0.2) is 41.3 Å². The van der Waals surface area contributed by atoms with Crippen LogP contribution in [0.1, 0.15) is 27.6 Å². The fraction of sp³-hybridized carbons (Fsp3) is 0.286. The molecule has 0 aromatic heterocycles. The van der Waals surface area contributed by atoms with Gasteiger partial charge in [0, 0.05) is 12.2 Å². The van der Waals surface area contributed by atoms with Crippen molar-refractivity contribution < 1.29 is 37.0 Å². The topological polar surface area (TPSA) is 128 Å². The third-order valence-electron chi connectivity index (χ3n) is 4.49. The molecule has 33 heavy (non-hydrogen) atoms. The SMILES string of the molecule is CCN(CC(=O)Nc1cc(C(=O)OC)cc(C(=O)OC)c1)S(=O)(=O)c1ccc(OC)c(Cl)c1. The second-order valence-electron chi connectivity index (χ2n) is 6.56. The number of carbonyl (C=O) groups excluding carboxylic acids is 3. The molecule has 2 rings (SSSR count). The Kier molecular flexibility index (Phi) is 8.80. The van der Waals surface area contributed by atoms with E-state index in [4.69, 9.17) is 16.3 Å². The Morgan fingerprint density at radius 3 is 2.00 bits per heavy atom. The van der Waals surface area contributed by atoms with E-state index in [1.165, 1.54) is 57.7 Å². The molecule has 0 aliphatic carbocycles. The summed E-state index contributed by atoms with van der Waals surface area (Å²) in [5, 5.41) is 2.60. The molecule has 0 saturated carbocycles. The fourth-order valence-electron chi connectivity index (χ4n) is 2.86. The van der Waals surface area contributed by atoms with E-state index in [0.717, 1.165) is 4.31 Å². The minimum Gasteiger partial charge on any atom is -0.495 e. The van der Waals surface area contributed by atoms with Crippen LogP contribution in [-0.2, 0) is 24.3 Å². The van der Waals surface area contributed by atoms with Gasteiger partial charge < -0.3 is 19.5 Å². The van der Waals surface area contributed by atoms with Crippen LogP contribution < -0.4 is 10.1 Å². The van der Waals surface area contributed by atoms with E-state index in [1.54, 1.807) is 6.92 Å². The number of ether oxygens (including phenoxy) is 3. The van der Waals surface area contributed by atoms with Crippen molar-refractivity contribution in [2.24, 2.45) is 0 Å². The average molecular weight is 499 g/mol. The molecule has 0 aliphatic heterocycles. The molecule has 2 aromatic rings. The van der Waals surface area contributed by atoms with E-state index in [0.29, 0.717) is 5.75 Å².